The Morgan fingerprint density at radius 3 is 2.68 bits per heavy atom. The number of thiophene rings is 1. The Labute approximate surface area is 151 Å². The van der Waals surface area contributed by atoms with Crippen molar-refractivity contribution in [3.8, 4) is 18.2 Å². The van der Waals surface area contributed by atoms with Gasteiger partial charge in [0.25, 0.3) is 0 Å². The van der Waals surface area contributed by atoms with Gasteiger partial charge in [-0.05, 0) is 30.0 Å². The van der Waals surface area contributed by atoms with Crippen LogP contribution in [-0.2, 0) is 0 Å². The molecular formula is C19H19N5S. The first-order chi connectivity index (χ1) is 12.1. The number of fused-ring (bicyclic) bond motifs is 1. The van der Waals surface area contributed by atoms with Crippen LogP contribution in [0.5, 0.6) is 0 Å². The predicted octanol–water partition coefficient (Wildman–Crippen LogP) is 2.88. The third kappa shape index (κ3) is 2.53. The van der Waals surface area contributed by atoms with E-state index in [1.54, 1.807) is 0 Å². The van der Waals surface area contributed by atoms with Crippen LogP contribution in [0.3, 0.4) is 0 Å². The van der Waals surface area contributed by atoms with Crippen LogP contribution in [0, 0.1) is 45.3 Å². The van der Waals surface area contributed by atoms with Crippen molar-refractivity contribution in [2.45, 2.75) is 19.3 Å². The lowest BCUT2D eigenvalue weighted by atomic mass is 9.59. The van der Waals surface area contributed by atoms with Crippen LogP contribution < -0.4 is 5.73 Å². The quantitative estimate of drug-likeness (QED) is 0.904. The lowest BCUT2D eigenvalue weighted by Gasteiger charge is -2.45. The molecule has 2 aliphatic rings. The number of rotatable bonds is 3. The molecule has 25 heavy (non-hydrogen) atoms. The van der Waals surface area contributed by atoms with Crippen molar-refractivity contribution in [1.29, 1.82) is 15.8 Å². The summed E-state index contributed by atoms with van der Waals surface area (Å²) in [6, 6.07) is 10.4. The van der Waals surface area contributed by atoms with Crippen LogP contribution in [0.1, 0.15) is 24.1 Å². The molecule has 0 unspecified atom stereocenters. The molecule has 0 fully saturated rings. The minimum Gasteiger partial charge on any atom is -0.399 e. The van der Waals surface area contributed by atoms with Gasteiger partial charge in [-0.3, -0.25) is 4.90 Å². The fourth-order valence-corrected chi connectivity index (χ4v) is 4.97. The Kier molecular flexibility index (Phi) is 4.64. The molecule has 6 heteroatoms. The van der Waals surface area contributed by atoms with Crippen molar-refractivity contribution < 1.29 is 0 Å². The standard InChI is InChI=1S/C19H19N5S/c1-2-6-24-7-5-13-14(9-20)18(23)19(11-21,12-22)17(15(13)10-24)16-4-3-8-25-16/h3-5,8,15,17H,2,6-7,10,23H2,1H3/t15-,17-/m0/s1. The van der Waals surface area contributed by atoms with E-state index in [4.69, 9.17) is 5.73 Å². The summed E-state index contributed by atoms with van der Waals surface area (Å²) in [4.78, 5) is 3.28. The van der Waals surface area contributed by atoms with Gasteiger partial charge in [-0.15, -0.1) is 11.3 Å². The summed E-state index contributed by atoms with van der Waals surface area (Å²) in [5, 5.41) is 31.5. The molecule has 0 amide bonds. The van der Waals surface area contributed by atoms with E-state index in [1.165, 1.54) is 11.3 Å². The fourth-order valence-electron chi connectivity index (χ4n) is 4.01. The number of nitriles is 3. The first-order valence-corrected chi connectivity index (χ1v) is 9.19. The fraction of sp³-hybridized carbons (Fsp3) is 0.421. The van der Waals surface area contributed by atoms with E-state index in [-0.39, 0.29) is 17.5 Å². The molecule has 0 aromatic carbocycles. The second-order valence-corrected chi connectivity index (χ2v) is 7.43. The van der Waals surface area contributed by atoms with Crippen molar-refractivity contribution in [2.24, 2.45) is 17.1 Å². The third-order valence-corrected chi connectivity index (χ3v) is 6.08. The third-order valence-electron chi connectivity index (χ3n) is 5.13. The summed E-state index contributed by atoms with van der Waals surface area (Å²) >= 11 is 1.53. The van der Waals surface area contributed by atoms with Gasteiger partial charge < -0.3 is 5.73 Å². The van der Waals surface area contributed by atoms with E-state index in [0.29, 0.717) is 5.57 Å². The minimum atomic E-state index is -1.51. The molecule has 2 heterocycles. The van der Waals surface area contributed by atoms with Crippen molar-refractivity contribution in [3.05, 3.63) is 45.3 Å². The number of nitrogens with two attached hydrogens (primary N) is 1. The van der Waals surface area contributed by atoms with Gasteiger partial charge in [-0.25, -0.2) is 0 Å². The maximum Gasteiger partial charge on any atom is 0.192 e. The smallest absolute Gasteiger partial charge is 0.192 e. The van der Waals surface area contributed by atoms with E-state index < -0.39 is 5.41 Å². The lowest BCUT2D eigenvalue weighted by molar-refractivity contribution is 0.209. The van der Waals surface area contributed by atoms with Crippen molar-refractivity contribution in [1.82, 2.24) is 4.90 Å². The second-order valence-electron chi connectivity index (χ2n) is 6.45. The molecule has 0 saturated carbocycles. The molecule has 0 spiro atoms. The zero-order chi connectivity index (χ0) is 18.0. The number of nitrogens with zero attached hydrogens (tertiary/aromatic N) is 4. The summed E-state index contributed by atoms with van der Waals surface area (Å²) < 4.78 is 0. The lowest BCUT2D eigenvalue weighted by Crippen LogP contribution is -2.47. The Hall–Kier alpha value is -2.59. The average Bonchev–Trinajstić information content (AvgIpc) is 3.15. The summed E-state index contributed by atoms with van der Waals surface area (Å²) in [7, 11) is 0. The number of hydrogen-bond donors (Lipinski definition) is 1. The normalized spacial score (nSPS) is 25.3. The number of hydrogen-bond acceptors (Lipinski definition) is 6. The zero-order valence-corrected chi connectivity index (χ0v) is 14.9. The van der Waals surface area contributed by atoms with Gasteiger partial charge >= 0.3 is 0 Å². The van der Waals surface area contributed by atoms with Crippen LogP contribution in [-0.4, -0.2) is 24.5 Å². The highest BCUT2D eigenvalue weighted by Gasteiger charge is 2.54. The molecule has 1 aromatic heterocycles. The largest absolute Gasteiger partial charge is 0.399 e. The summed E-state index contributed by atoms with van der Waals surface area (Å²) in [5.41, 5.74) is 6.06. The van der Waals surface area contributed by atoms with Crippen molar-refractivity contribution in [2.75, 3.05) is 19.6 Å². The molecule has 1 aliphatic heterocycles. The monoisotopic (exact) mass is 349 g/mol. The van der Waals surface area contributed by atoms with Gasteiger partial charge in [0.1, 0.15) is 6.07 Å². The highest BCUT2D eigenvalue weighted by atomic mass is 32.1. The molecular weight excluding hydrogens is 330 g/mol. The van der Waals surface area contributed by atoms with Gasteiger partial charge in [0, 0.05) is 29.8 Å². The van der Waals surface area contributed by atoms with Crippen LogP contribution in [0.15, 0.2) is 40.4 Å². The summed E-state index contributed by atoms with van der Waals surface area (Å²) in [5.74, 6) is -0.439. The van der Waals surface area contributed by atoms with Gasteiger partial charge in [-0.1, -0.05) is 19.1 Å². The predicted molar refractivity (Wildman–Crippen MR) is 95.8 cm³/mol. The Morgan fingerprint density at radius 1 is 1.36 bits per heavy atom. The van der Waals surface area contributed by atoms with Gasteiger partial charge in [-0.2, -0.15) is 15.8 Å². The Morgan fingerprint density at radius 2 is 2.12 bits per heavy atom. The second kappa shape index (κ2) is 6.73. The van der Waals surface area contributed by atoms with Crippen LogP contribution in [0.4, 0.5) is 0 Å². The summed E-state index contributed by atoms with van der Waals surface area (Å²) in [6.07, 6.45) is 3.08. The van der Waals surface area contributed by atoms with E-state index in [9.17, 15) is 15.8 Å². The summed E-state index contributed by atoms with van der Waals surface area (Å²) in [6.45, 7) is 4.57. The molecule has 5 nitrogen and oxygen atoms in total. The SMILES string of the molecule is CCCN1CC=C2C(C#N)=C(N)C(C#N)(C#N)[C@H](c3cccs3)[C@H]2C1. The van der Waals surface area contributed by atoms with Gasteiger partial charge in [0.05, 0.1) is 23.4 Å². The highest BCUT2D eigenvalue weighted by Crippen LogP contribution is 2.54. The van der Waals surface area contributed by atoms with E-state index in [1.807, 2.05) is 17.5 Å². The molecule has 2 N–H and O–H groups in total. The molecule has 0 saturated heterocycles. The van der Waals surface area contributed by atoms with Gasteiger partial charge in [0.2, 0.25) is 0 Å². The molecule has 126 valence electrons. The number of allylic oxidation sites excluding steroid dienone is 2. The topological polar surface area (TPSA) is 101 Å². The van der Waals surface area contributed by atoms with Crippen molar-refractivity contribution in [3.63, 3.8) is 0 Å². The zero-order valence-electron chi connectivity index (χ0n) is 14.1. The van der Waals surface area contributed by atoms with Crippen LogP contribution >= 0.6 is 11.3 Å². The molecule has 1 aromatic rings. The van der Waals surface area contributed by atoms with E-state index in [0.717, 1.165) is 36.5 Å². The van der Waals surface area contributed by atoms with E-state index in [2.05, 4.69) is 36.1 Å². The molecule has 3 rings (SSSR count). The first kappa shape index (κ1) is 17.2. The van der Waals surface area contributed by atoms with Crippen LogP contribution in [0.2, 0.25) is 0 Å². The molecule has 0 bridgehead atoms. The molecule has 0 radical (unpaired) electrons. The van der Waals surface area contributed by atoms with Crippen LogP contribution in [0.25, 0.3) is 0 Å². The Balaban J connectivity index is 2.24. The first-order valence-electron chi connectivity index (χ1n) is 8.31. The molecule has 1 aliphatic carbocycles. The average molecular weight is 349 g/mol. The maximum absolute atomic E-state index is 9.93. The van der Waals surface area contributed by atoms with Gasteiger partial charge in [0.15, 0.2) is 5.41 Å². The highest BCUT2D eigenvalue weighted by molar-refractivity contribution is 7.10. The Bertz CT molecular complexity index is 830. The molecule has 2 atom stereocenters. The minimum absolute atomic E-state index is 0.0831. The van der Waals surface area contributed by atoms with Crippen molar-refractivity contribution >= 4 is 11.3 Å². The van der Waals surface area contributed by atoms with E-state index >= 15 is 0 Å². The maximum atomic E-state index is 9.93.